The van der Waals surface area contributed by atoms with Gasteiger partial charge in [0.05, 0.1) is 28.6 Å². The van der Waals surface area contributed by atoms with Crippen LogP contribution in [0.2, 0.25) is 0 Å². The number of ether oxygens (including phenoxy) is 1. The molecule has 1 aliphatic rings. The quantitative estimate of drug-likeness (QED) is 0.559. The zero-order valence-electron chi connectivity index (χ0n) is 16.4. The highest BCUT2D eigenvalue weighted by atomic mass is 32.2. The standard InChI is InChI=1S/C20H20FN3O5S/c1-22-17-8-7-15(9-18(17)23(2)20(26)19(22)25)30(27,28)24-10-14(11-24)29-12-13-5-3-4-6-16(13)21/h3-9,14H,10-12H2,1-2H3. The fraction of sp³-hybridized carbons (Fsp3) is 0.300. The summed E-state index contributed by atoms with van der Waals surface area (Å²) >= 11 is 0. The van der Waals surface area contributed by atoms with Gasteiger partial charge in [-0.1, -0.05) is 18.2 Å². The fourth-order valence-electron chi connectivity index (χ4n) is 3.40. The lowest BCUT2D eigenvalue weighted by Crippen LogP contribution is -2.54. The second kappa shape index (κ2) is 7.46. The van der Waals surface area contributed by atoms with E-state index in [2.05, 4.69) is 0 Å². The monoisotopic (exact) mass is 433 g/mol. The van der Waals surface area contributed by atoms with E-state index in [4.69, 9.17) is 4.74 Å². The molecular weight excluding hydrogens is 413 g/mol. The largest absolute Gasteiger partial charge is 0.371 e. The van der Waals surface area contributed by atoms with Gasteiger partial charge in [0.25, 0.3) is 0 Å². The molecular formula is C20H20FN3O5S. The molecule has 0 aliphatic carbocycles. The third kappa shape index (κ3) is 3.36. The van der Waals surface area contributed by atoms with Gasteiger partial charge in [-0.2, -0.15) is 4.31 Å². The molecule has 0 spiro atoms. The van der Waals surface area contributed by atoms with Gasteiger partial charge < -0.3 is 13.9 Å². The molecule has 1 aromatic heterocycles. The van der Waals surface area contributed by atoms with Gasteiger partial charge in [-0.05, 0) is 24.3 Å². The van der Waals surface area contributed by atoms with Crippen LogP contribution in [0.3, 0.4) is 0 Å². The first-order valence-electron chi connectivity index (χ1n) is 9.25. The number of hydrogen-bond acceptors (Lipinski definition) is 5. The van der Waals surface area contributed by atoms with E-state index in [0.29, 0.717) is 16.6 Å². The van der Waals surface area contributed by atoms with E-state index in [-0.39, 0.29) is 36.5 Å². The van der Waals surface area contributed by atoms with Crippen LogP contribution < -0.4 is 11.1 Å². The number of aromatic nitrogens is 2. The number of hydrogen-bond donors (Lipinski definition) is 0. The summed E-state index contributed by atoms with van der Waals surface area (Å²) in [6.45, 7) is 0.374. The van der Waals surface area contributed by atoms with Crippen molar-refractivity contribution in [2.45, 2.75) is 17.6 Å². The Morgan fingerprint density at radius 3 is 2.30 bits per heavy atom. The average molecular weight is 433 g/mol. The van der Waals surface area contributed by atoms with Crippen molar-refractivity contribution in [1.82, 2.24) is 13.4 Å². The Kier molecular flexibility index (Phi) is 5.08. The van der Waals surface area contributed by atoms with Gasteiger partial charge in [0, 0.05) is 32.7 Å². The summed E-state index contributed by atoms with van der Waals surface area (Å²) in [7, 11) is -0.899. The summed E-state index contributed by atoms with van der Waals surface area (Å²) in [6.07, 6.45) is -0.329. The Hall–Kier alpha value is -2.82. The predicted molar refractivity (Wildman–Crippen MR) is 108 cm³/mol. The molecule has 2 heterocycles. The minimum atomic E-state index is -3.79. The summed E-state index contributed by atoms with van der Waals surface area (Å²) < 4.78 is 48.7. The number of rotatable bonds is 5. The summed E-state index contributed by atoms with van der Waals surface area (Å²) in [5, 5.41) is 0. The number of sulfonamides is 1. The van der Waals surface area contributed by atoms with Crippen LogP contribution in [0.5, 0.6) is 0 Å². The molecule has 0 amide bonds. The van der Waals surface area contributed by atoms with Crippen molar-refractivity contribution in [2.75, 3.05) is 13.1 Å². The van der Waals surface area contributed by atoms with Crippen molar-refractivity contribution in [3.63, 3.8) is 0 Å². The second-order valence-electron chi connectivity index (χ2n) is 7.23. The Labute approximate surface area is 171 Å². The van der Waals surface area contributed by atoms with Crippen LogP contribution in [-0.2, 0) is 35.5 Å². The second-order valence-corrected chi connectivity index (χ2v) is 9.16. The molecule has 0 bridgehead atoms. The van der Waals surface area contributed by atoms with Crippen molar-refractivity contribution in [1.29, 1.82) is 0 Å². The van der Waals surface area contributed by atoms with Crippen LogP contribution in [0, 0.1) is 5.82 Å². The Bertz CT molecular complexity index is 1360. The van der Waals surface area contributed by atoms with Crippen LogP contribution >= 0.6 is 0 Å². The van der Waals surface area contributed by atoms with Crippen LogP contribution in [0.1, 0.15) is 5.56 Å². The molecule has 0 N–H and O–H groups in total. The minimum Gasteiger partial charge on any atom is -0.371 e. The molecule has 0 saturated carbocycles. The van der Waals surface area contributed by atoms with Crippen molar-refractivity contribution in [3.8, 4) is 0 Å². The third-order valence-corrected chi connectivity index (χ3v) is 7.17. The molecule has 158 valence electrons. The van der Waals surface area contributed by atoms with Gasteiger partial charge in [0.2, 0.25) is 10.0 Å². The lowest BCUT2D eigenvalue weighted by atomic mass is 10.2. The predicted octanol–water partition coefficient (Wildman–Crippen LogP) is 0.966. The van der Waals surface area contributed by atoms with Gasteiger partial charge in [-0.3, -0.25) is 9.59 Å². The highest BCUT2D eigenvalue weighted by Gasteiger charge is 2.37. The van der Waals surface area contributed by atoms with E-state index < -0.39 is 21.1 Å². The molecule has 3 aromatic rings. The molecule has 0 radical (unpaired) electrons. The highest BCUT2D eigenvalue weighted by molar-refractivity contribution is 7.89. The number of nitrogens with zero attached hydrogens (tertiary/aromatic N) is 3. The first kappa shape index (κ1) is 20.5. The lowest BCUT2D eigenvalue weighted by molar-refractivity contribution is -0.0304. The zero-order chi connectivity index (χ0) is 21.6. The molecule has 1 aliphatic heterocycles. The highest BCUT2D eigenvalue weighted by Crippen LogP contribution is 2.26. The number of fused-ring (bicyclic) bond motifs is 1. The summed E-state index contributed by atoms with van der Waals surface area (Å²) in [4.78, 5) is 24.0. The maximum atomic E-state index is 13.7. The summed E-state index contributed by atoms with van der Waals surface area (Å²) in [5.41, 5.74) is -0.199. The van der Waals surface area contributed by atoms with Crippen LogP contribution in [0.15, 0.2) is 56.9 Å². The van der Waals surface area contributed by atoms with E-state index in [0.717, 1.165) is 4.57 Å². The van der Waals surface area contributed by atoms with Gasteiger partial charge in [-0.15, -0.1) is 0 Å². The smallest absolute Gasteiger partial charge is 0.316 e. The van der Waals surface area contributed by atoms with Crippen molar-refractivity contribution < 1.29 is 17.5 Å². The van der Waals surface area contributed by atoms with Crippen LogP contribution in [0.25, 0.3) is 11.0 Å². The van der Waals surface area contributed by atoms with Crippen molar-refractivity contribution >= 4 is 21.1 Å². The summed E-state index contributed by atoms with van der Waals surface area (Å²) in [5.74, 6) is -0.363. The molecule has 0 unspecified atom stereocenters. The average Bonchev–Trinajstić information content (AvgIpc) is 2.70. The van der Waals surface area contributed by atoms with Crippen LogP contribution in [-0.4, -0.2) is 41.1 Å². The topological polar surface area (TPSA) is 90.6 Å². The minimum absolute atomic E-state index is 0.0243. The SMILES string of the molecule is Cn1c(=O)c(=O)n(C)c2cc(S(=O)(=O)N3CC(OCc4ccccc4F)C3)ccc21. The van der Waals surface area contributed by atoms with Gasteiger partial charge >= 0.3 is 11.1 Å². The molecule has 1 saturated heterocycles. The number of aryl methyl sites for hydroxylation is 2. The molecule has 2 aromatic carbocycles. The molecule has 0 atom stereocenters. The lowest BCUT2D eigenvalue weighted by Gasteiger charge is -2.37. The number of benzene rings is 2. The van der Waals surface area contributed by atoms with E-state index >= 15 is 0 Å². The molecule has 30 heavy (non-hydrogen) atoms. The van der Waals surface area contributed by atoms with Gasteiger partial charge in [-0.25, -0.2) is 12.8 Å². The summed E-state index contributed by atoms with van der Waals surface area (Å²) in [6, 6.07) is 10.6. The Morgan fingerprint density at radius 1 is 1.00 bits per heavy atom. The van der Waals surface area contributed by atoms with Gasteiger partial charge in [0.1, 0.15) is 5.82 Å². The van der Waals surface area contributed by atoms with Crippen molar-refractivity contribution in [2.24, 2.45) is 14.1 Å². The Morgan fingerprint density at radius 2 is 1.63 bits per heavy atom. The third-order valence-electron chi connectivity index (χ3n) is 5.35. The molecule has 1 fully saturated rings. The van der Waals surface area contributed by atoms with E-state index in [1.165, 1.54) is 47.2 Å². The normalized spacial score (nSPS) is 15.4. The molecule has 4 rings (SSSR count). The first-order chi connectivity index (χ1) is 14.2. The number of halogens is 1. The van der Waals surface area contributed by atoms with E-state index in [1.807, 2.05) is 0 Å². The first-order valence-corrected chi connectivity index (χ1v) is 10.7. The van der Waals surface area contributed by atoms with Gasteiger partial charge in [0.15, 0.2) is 0 Å². The zero-order valence-corrected chi connectivity index (χ0v) is 17.2. The van der Waals surface area contributed by atoms with Crippen LogP contribution in [0.4, 0.5) is 4.39 Å². The molecule has 8 nitrogen and oxygen atoms in total. The maximum absolute atomic E-state index is 13.7. The molecule has 10 heteroatoms. The fourth-order valence-corrected chi connectivity index (χ4v) is 4.92. The maximum Gasteiger partial charge on any atom is 0.316 e. The van der Waals surface area contributed by atoms with Crippen molar-refractivity contribution in [3.05, 3.63) is 74.6 Å². The van der Waals surface area contributed by atoms with E-state index in [9.17, 15) is 22.4 Å². The van der Waals surface area contributed by atoms with E-state index in [1.54, 1.807) is 18.2 Å². The Balaban J connectivity index is 1.52.